The third-order valence-electron chi connectivity index (χ3n) is 2.69. The molecular weight excluding hydrogens is 281 g/mol. The largest absolute Gasteiger partial charge is 0.352 e. The Morgan fingerprint density at radius 2 is 2.15 bits per heavy atom. The lowest BCUT2D eigenvalue weighted by atomic mass is 10.1. The number of carbonyl (C=O) groups is 2. The Balaban J connectivity index is 2.76. The minimum Gasteiger partial charge on any atom is -0.352 e. The molecule has 0 aliphatic rings. The molecule has 1 atom stereocenters. The highest BCUT2D eigenvalue weighted by Gasteiger charge is 2.19. The van der Waals surface area contributed by atoms with Crippen LogP contribution in [0.15, 0.2) is 18.2 Å². The highest BCUT2D eigenvalue weighted by Crippen LogP contribution is 2.16. The molecule has 4 N–H and O–H groups in total. The second-order valence-electron chi connectivity index (χ2n) is 4.29. The van der Waals surface area contributed by atoms with E-state index in [2.05, 4.69) is 10.6 Å². The van der Waals surface area contributed by atoms with Crippen molar-refractivity contribution in [2.24, 2.45) is 5.73 Å². The summed E-state index contributed by atoms with van der Waals surface area (Å²) in [5, 5.41) is 5.07. The van der Waals surface area contributed by atoms with Gasteiger partial charge in [0.2, 0.25) is 5.91 Å². The first kappa shape index (κ1) is 16.3. The summed E-state index contributed by atoms with van der Waals surface area (Å²) < 4.78 is 13.0. The molecule has 7 heteroatoms. The Hall–Kier alpha value is -1.76. The number of anilines is 1. The summed E-state index contributed by atoms with van der Waals surface area (Å²) in [6.45, 7) is 1.69. The van der Waals surface area contributed by atoms with Gasteiger partial charge in [-0.05, 0) is 49.1 Å². The number of thioether (sulfide) groups is 1. The average Bonchev–Trinajstić information content (AvgIpc) is 2.37. The fourth-order valence-corrected chi connectivity index (χ4v) is 2.13. The van der Waals surface area contributed by atoms with Crippen molar-refractivity contribution in [3.8, 4) is 0 Å². The lowest BCUT2D eigenvalue weighted by Crippen LogP contribution is -2.46. The van der Waals surface area contributed by atoms with Crippen molar-refractivity contribution in [3.63, 3.8) is 0 Å². The van der Waals surface area contributed by atoms with E-state index >= 15 is 0 Å². The van der Waals surface area contributed by atoms with Crippen LogP contribution in [-0.2, 0) is 4.79 Å². The number of benzene rings is 1. The van der Waals surface area contributed by atoms with Gasteiger partial charge in [0, 0.05) is 5.69 Å². The fourth-order valence-electron chi connectivity index (χ4n) is 1.66. The number of carbonyl (C=O) groups excluding carboxylic acids is 2. The van der Waals surface area contributed by atoms with Gasteiger partial charge in [-0.15, -0.1) is 0 Å². The predicted octanol–water partition coefficient (Wildman–Crippen LogP) is 1.86. The van der Waals surface area contributed by atoms with E-state index < -0.39 is 12.1 Å². The minimum absolute atomic E-state index is 0.366. The summed E-state index contributed by atoms with van der Waals surface area (Å²) in [6.07, 6.45) is 2.37. The van der Waals surface area contributed by atoms with Gasteiger partial charge in [0.1, 0.15) is 11.9 Å². The van der Waals surface area contributed by atoms with Gasteiger partial charge in [-0.1, -0.05) is 0 Å². The number of halogens is 1. The third kappa shape index (κ3) is 5.08. The van der Waals surface area contributed by atoms with E-state index in [4.69, 9.17) is 5.73 Å². The van der Waals surface area contributed by atoms with Crippen molar-refractivity contribution in [3.05, 3.63) is 29.6 Å². The first-order valence-electron chi connectivity index (χ1n) is 6.06. The molecular formula is C13H18FN3O2S. The molecule has 0 bridgehead atoms. The number of hydrogen-bond donors (Lipinski definition) is 3. The molecule has 110 valence electrons. The van der Waals surface area contributed by atoms with Gasteiger partial charge < -0.3 is 16.4 Å². The van der Waals surface area contributed by atoms with Crippen LogP contribution in [0.3, 0.4) is 0 Å². The maximum atomic E-state index is 13.0. The van der Waals surface area contributed by atoms with Crippen LogP contribution in [0.4, 0.5) is 14.9 Å². The number of amides is 3. The molecule has 20 heavy (non-hydrogen) atoms. The van der Waals surface area contributed by atoms with Crippen molar-refractivity contribution in [1.29, 1.82) is 0 Å². The van der Waals surface area contributed by atoms with Gasteiger partial charge >= 0.3 is 6.03 Å². The van der Waals surface area contributed by atoms with Crippen LogP contribution in [0.25, 0.3) is 0 Å². The lowest BCUT2D eigenvalue weighted by molar-refractivity contribution is -0.117. The van der Waals surface area contributed by atoms with Gasteiger partial charge in [-0.3, -0.25) is 4.79 Å². The second kappa shape index (κ2) is 7.74. The van der Waals surface area contributed by atoms with E-state index in [0.717, 1.165) is 0 Å². The summed E-state index contributed by atoms with van der Waals surface area (Å²) in [5.74, 6) is -0.0249. The lowest BCUT2D eigenvalue weighted by Gasteiger charge is -2.17. The normalized spacial score (nSPS) is 11.8. The number of hydrogen-bond acceptors (Lipinski definition) is 3. The zero-order valence-electron chi connectivity index (χ0n) is 11.4. The van der Waals surface area contributed by atoms with Crippen molar-refractivity contribution in [2.75, 3.05) is 17.3 Å². The molecule has 0 saturated carbocycles. The number of rotatable bonds is 6. The van der Waals surface area contributed by atoms with Gasteiger partial charge in [0.15, 0.2) is 0 Å². The van der Waals surface area contributed by atoms with Gasteiger partial charge in [-0.2, -0.15) is 11.8 Å². The number of nitrogens with two attached hydrogens (primary N) is 1. The molecule has 0 aromatic heterocycles. The summed E-state index contributed by atoms with van der Waals surface area (Å²) in [5.41, 5.74) is 6.18. The molecule has 0 fully saturated rings. The molecule has 0 aliphatic carbocycles. The van der Waals surface area contributed by atoms with Crippen molar-refractivity contribution in [1.82, 2.24) is 5.32 Å². The van der Waals surface area contributed by atoms with E-state index in [1.165, 1.54) is 18.2 Å². The first-order chi connectivity index (χ1) is 9.43. The molecule has 1 rings (SSSR count). The van der Waals surface area contributed by atoms with Crippen LogP contribution < -0.4 is 16.4 Å². The smallest absolute Gasteiger partial charge is 0.312 e. The number of primary amides is 1. The molecule has 5 nitrogen and oxygen atoms in total. The zero-order chi connectivity index (χ0) is 15.1. The first-order valence-corrected chi connectivity index (χ1v) is 7.45. The number of urea groups is 1. The van der Waals surface area contributed by atoms with Crippen LogP contribution in [0, 0.1) is 12.7 Å². The van der Waals surface area contributed by atoms with Gasteiger partial charge in [0.05, 0.1) is 0 Å². The summed E-state index contributed by atoms with van der Waals surface area (Å²) in [4.78, 5) is 23.0. The zero-order valence-corrected chi connectivity index (χ0v) is 12.2. The Morgan fingerprint density at radius 1 is 1.45 bits per heavy atom. The second-order valence-corrected chi connectivity index (χ2v) is 5.28. The van der Waals surface area contributed by atoms with Gasteiger partial charge in [-0.25, -0.2) is 9.18 Å². The van der Waals surface area contributed by atoms with Crippen LogP contribution in [0.5, 0.6) is 0 Å². The Morgan fingerprint density at radius 3 is 2.70 bits per heavy atom. The Kier molecular flexibility index (Phi) is 6.30. The molecule has 0 spiro atoms. The maximum absolute atomic E-state index is 13.0. The van der Waals surface area contributed by atoms with Crippen LogP contribution >= 0.6 is 11.8 Å². The molecule has 1 aromatic carbocycles. The van der Waals surface area contributed by atoms with E-state index in [9.17, 15) is 14.0 Å². The molecule has 0 unspecified atom stereocenters. The van der Waals surface area contributed by atoms with E-state index in [0.29, 0.717) is 23.4 Å². The quantitative estimate of drug-likeness (QED) is 0.749. The van der Waals surface area contributed by atoms with E-state index in [1.807, 2.05) is 6.26 Å². The van der Waals surface area contributed by atoms with Crippen molar-refractivity contribution in [2.45, 2.75) is 19.4 Å². The molecule has 0 radical (unpaired) electrons. The SMILES string of the molecule is CSCC[C@H](NC(N)=O)C(=O)Nc1ccc(F)cc1C. The van der Waals surface area contributed by atoms with Crippen LogP contribution in [-0.4, -0.2) is 30.0 Å². The monoisotopic (exact) mass is 299 g/mol. The topological polar surface area (TPSA) is 84.2 Å². The maximum Gasteiger partial charge on any atom is 0.312 e. The highest BCUT2D eigenvalue weighted by atomic mass is 32.2. The fraction of sp³-hybridized carbons (Fsp3) is 0.385. The van der Waals surface area contributed by atoms with Crippen LogP contribution in [0.1, 0.15) is 12.0 Å². The number of aryl methyl sites for hydroxylation is 1. The van der Waals surface area contributed by atoms with E-state index in [-0.39, 0.29) is 11.7 Å². The van der Waals surface area contributed by atoms with Crippen molar-refractivity contribution >= 4 is 29.4 Å². The Bertz CT molecular complexity index is 497. The molecule has 0 saturated heterocycles. The molecule has 0 aliphatic heterocycles. The van der Waals surface area contributed by atoms with Gasteiger partial charge in [0.25, 0.3) is 0 Å². The average molecular weight is 299 g/mol. The van der Waals surface area contributed by atoms with Crippen molar-refractivity contribution < 1.29 is 14.0 Å². The van der Waals surface area contributed by atoms with E-state index in [1.54, 1.807) is 18.7 Å². The summed E-state index contributed by atoms with van der Waals surface area (Å²) >= 11 is 1.56. The minimum atomic E-state index is -0.748. The number of nitrogens with one attached hydrogen (secondary N) is 2. The van der Waals surface area contributed by atoms with Crippen LogP contribution in [0.2, 0.25) is 0 Å². The summed E-state index contributed by atoms with van der Waals surface area (Å²) in [7, 11) is 0. The summed E-state index contributed by atoms with van der Waals surface area (Å²) in [6, 6.07) is 2.62. The predicted molar refractivity (Wildman–Crippen MR) is 79.3 cm³/mol. The molecule has 3 amide bonds. The molecule has 0 heterocycles. The highest BCUT2D eigenvalue weighted by molar-refractivity contribution is 7.98. The standard InChI is InChI=1S/C13H18FN3O2S/c1-8-7-9(14)3-4-10(8)16-12(18)11(5-6-20-2)17-13(15)19/h3-4,7,11H,5-6H2,1-2H3,(H,16,18)(H3,15,17,19)/t11-/m0/s1. The Labute approximate surface area is 121 Å². The third-order valence-corrected chi connectivity index (χ3v) is 3.33. The molecule has 1 aromatic rings.